The van der Waals surface area contributed by atoms with Crippen molar-refractivity contribution in [2.45, 2.75) is 58.9 Å². The van der Waals surface area contributed by atoms with Gasteiger partial charge in [0.15, 0.2) is 5.76 Å². The summed E-state index contributed by atoms with van der Waals surface area (Å²) in [4.78, 5) is 0. The first-order valence-corrected chi connectivity index (χ1v) is 11.0. The minimum Gasteiger partial charge on any atom is -0.455 e. The average Bonchev–Trinajstić information content (AvgIpc) is 3.05. The van der Waals surface area contributed by atoms with Crippen LogP contribution in [0.15, 0.2) is 34.7 Å². The second-order valence-corrected chi connectivity index (χ2v) is 9.16. The fraction of sp³-hybridized carbons (Fsp3) is 0.667. The number of fused-ring (bicyclic) bond motifs is 1. The summed E-state index contributed by atoms with van der Waals surface area (Å²) in [6, 6.07) is 10.6. The van der Waals surface area contributed by atoms with Gasteiger partial charge in [0.05, 0.1) is 47.3 Å². The van der Waals surface area contributed by atoms with Crippen LogP contribution < -0.4 is 0 Å². The topological polar surface area (TPSA) is 13.1 Å². The van der Waals surface area contributed by atoms with Gasteiger partial charge in [0.2, 0.25) is 0 Å². The summed E-state index contributed by atoms with van der Waals surface area (Å²) in [7, 11) is 7.05. The van der Waals surface area contributed by atoms with E-state index >= 15 is 0 Å². The van der Waals surface area contributed by atoms with E-state index in [9.17, 15) is 0 Å². The van der Waals surface area contributed by atoms with Gasteiger partial charge in [-0.1, -0.05) is 31.0 Å². The molecule has 1 aromatic heterocycles. The molecule has 0 saturated heterocycles. The lowest BCUT2D eigenvalue weighted by Gasteiger charge is -2.32. The first-order chi connectivity index (χ1) is 12.9. The van der Waals surface area contributed by atoms with E-state index in [2.05, 4.69) is 59.3 Å². The highest BCUT2D eigenvalue weighted by Crippen LogP contribution is 2.22. The second-order valence-electron chi connectivity index (χ2n) is 9.16. The van der Waals surface area contributed by atoms with Crippen LogP contribution in [0, 0.1) is 0 Å². The Morgan fingerprint density at radius 2 is 1.41 bits per heavy atom. The summed E-state index contributed by atoms with van der Waals surface area (Å²) in [5.41, 5.74) is 1.01. The predicted molar refractivity (Wildman–Crippen MR) is 117 cm³/mol. The third-order valence-corrected chi connectivity index (χ3v) is 6.35. The maximum atomic E-state index is 6.06. The highest BCUT2D eigenvalue weighted by atomic mass is 16.3. The molecule has 1 atom stereocenters. The first-order valence-electron chi connectivity index (χ1n) is 11.0. The van der Waals surface area contributed by atoms with Gasteiger partial charge in [-0.15, -0.1) is 0 Å². The lowest BCUT2D eigenvalue weighted by atomic mass is 10.1. The molecule has 0 amide bonds. The van der Waals surface area contributed by atoms with Crippen molar-refractivity contribution < 1.29 is 13.4 Å². The van der Waals surface area contributed by atoms with Crippen LogP contribution in [-0.4, -0.2) is 56.3 Å². The lowest BCUT2D eigenvalue weighted by Crippen LogP contribution is -2.43. The van der Waals surface area contributed by atoms with Crippen LogP contribution in [0.5, 0.6) is 0 Å². The fourth-order valence-corrected chi connectivity index (χ4v) is 3.74. The summed E-state index contributed by atoms with van der Waals surface area (Å²) in [5.74, 6) is 1.12. The number of quaternary nitrogens is 2. The van der Waals surface area contributed by atoms with Crippen LogP contribution in [0.25, 0.3) is 11.0 Å². The number of furan rings is 1. The Bertz CT molecular complexity index is 643. The molecule has 0 spiro atoms. The Labute approximate surface area is 167 Å². The van der Waals surface area contributed by atoms with Crippen molar-refractivity contribution in [2.75, 3.05) is 47.3 Å². The molecular formula is C24H42N2O+2. The molecule has 2 aromatic rings. The highest BCUT2D eigenvalue weighted by Gasteiger charge is 2.21. The molecule has 0 unspecified atom stereocenters. The average molecular weight is 375 g/mol. The number of hydrogen-bond donors (Lipinski definition) is 0. The molecular weight excluding hydrogens is 332 g/mol. The van der Waals surface area contributed by atoms with E-state index in [-0.39, 0.29) is 0 Å². The quantitative estimate of drug-likeness (QED) is 0.317. The van der Waals surface area contributed by atoms with Crippen LogP contribution in [0.2, 0.25) is 0 Å². The molecule has 0 N–H and O–H groups in total. The molecule has 27 heavy (non-hydrogen) atoms. The number of para-hydroxylation sites is 1. The van der Waals surface area contributed by atoms with Crippen LogP contribution in [0.1, 0.15) is 58.1 Å². The number of unbranched alkanes of at least 4 members (excludes halogenated alkanes) is 5. The molecule has 2 rings (SSSR count). The normalized spacial score (nSPS) is 14.6. The van der Waals surface area contributed by atoms with Crippen LogP contribution in [-0.2, 0) is 6.54 Å². The first kappa shape index (κ1) is 22.0. The minimum atomic E-state index is 0.995. The molecule has 0 aliphatic rings. The molecule has 1 heterocycles. The summed E-state index contributed by atoms with van der Waals surface area (Å²) in [6.45, 7) is 10.5. The van der Waals surface area contributed by atoms with Gasteiger partial charge in [0.1, 0.15) is 12.1 Å². The Hall–Kier alpha value is -1.32. The Kier molecular flexibility index (Phi) is 8.37. The van der Waals surface area contributed by atoms with Gasteiger partial charge in [-0.05, 0) is 51.7 Å². The molecule has 152 valence electrons. The predicted octanol–water partition coefficient (Wildman–Crippen LogP) is 5.84. The molecule has 0 bridgehead atoms. The third-order valence-electron chi connectivity index (χ3n) is 6.35. The molecule has 0 aliphatic carbocycles. The van der Waals surface area contributed by atoms with Crippen molar-refractivity contribution in [3.63, 3.8) is 0 Å². The van der Waals surface area contributed by atoms with Crippen LogP contribution in [0.3, 0.4) is 0 Å². The second kappa shape index (κ2) is 10.3. The zero-order valence-electron chi connectivity index (χ0n) is 18.5. The summed E-state index contributed by atoms with van der Waals surface area (Å²) >= 11 is 0. The van der Waals surface area contributed by atoms with E-state index in [0.29, 0.717) is 0 Å². The third kappa shape index (κ3) is 7.31. The van der Waals surface area contributed by atoms with E-state index in [1.165, 1.54) is 63.5 Å². The molecule has 0 fully saturated rings. The van der Waals surface area contributed by atoms with Gasteiger partial charge in [0.25, 0.3) is 0 Å². The van der Waals surface area contributed by atoms with Crippen molar-refractivity contribution in [3.8, 4) is 0 Å². The van der Waals surface area contributed by atoms with E-state index in [1.807, 2.05) is 6.07 Å². The van der Waals surface area contributed by atoms with Gasteiger partial charge in [0, 0.05) is 5.39 Å². The van der Waals surface area contributed by atoms with E-state index in [4.69, 9.17) is 4.42 Å². The zero-order chi connectivity index (χ0) is 19.8. The van der Waals surface area contributed by atoms with Crippen molar-refractivity contribution in [1.82, 2.24) is 0 Å². The van der Waals surface area contributed by atoms with Crippen molar-refractivity contribution >= 4 is 11.0 Å². The Balaban J connectivity index is 1.67. The Morgan fingerprint density at radius 1 is 0.778 bits per heavy atom. The van der Waals surface area contributed by atoms with E-state index < -0.39 is 0 Å². The molecule has 3 heteroatoms. The number of rotatable bonds is 13. The van der Waals surface area contributed by atoms with Crippen molar-refractivity contribution in [2.24, 2.45) is 0 Å². The smallest absolute Gasteiger partial charge is 0.159 e. The highest BCUT2D eigenvalue weighted by molar-refractivity contribution is 5.77. The van der Waals surface area contributed by atoms with Crippen molar-refractivity contribution in [1.29, 1.82) is 0 Å². The van der Waals surface area contributed by atoms with Crippen molar-refractivity contribution in [3.05, 3.63) is 36.1 Å². The number of nitrogens with zero attached hydrogens (tertiary/aromatic N) is 2. The standard InChI is InChI=1S/C24H42N2O/c1-6-25(3,4)18-14-10-8-9-11-15-19-26(5,7-2)21-23-20-22-16-12-13-17-24(22)27-23/h12-13,16-17,20H,6-11,14-15,18-19,21H2,1-5H3/q+2/t26-/m0/s1. The molecule has 0 radical (unpaired) electrons. The zero-order valence-corrected chi connectivity index (χ0v) is 18.5. The van der Waals surface area contributed by atoms with Crippen LogP contribution >= 0.6 is 0 Å². The summed E-state index contributed by atoms with van der Waals surface area (Å²) in [6.07, 6.45) is 8.22. The maximum Gasteiger partial charge on any atom is 0.159 e. The van der Waals surface area contributed by atoms with Gasteiger partial charge >= 0.3 is 0 Å². The minimum absolute atomic E-state index is 0.995. The molecule has 3 nitrogen and oxygen atoms in total. The van der Waals surface area contributed by atoms with E-state index in [0.717, 1.165) is 33.4 Å². The summed E-state index contributed by atoms with van der Waals surface area (Å²) in [5, 5.41) is 1.22. The number of hydrogen-bond acceptors (Lipinski definition) is 1. The molecule has 0 aliphatic heterocycles. The van der Waals surface area contributed by atoms with Gasteiger partial charge < -0.3 is 13.4 Å². The fourth-order valence-electron chi connectivity index (χ4n) is 3.74. The Morgan fingerprint density at radius 3 is 2.04 bits per heavy atom. The van der Waals surface area contributed by atoms with Gasteiger partial charge in [-0.2, -0.15) is 0 Å². The van der Waals surface area contributed by atoms with E-state index in [1.54, 1.807) is 0 Å². The van der Waals surface area contributed by atoms with Crippen LogP contribution in [0.4, 0.5) is 0 Å². The SMILES string of the molecule is CC[N+](C)(C)CCCCCCCC[N@+](C)(CC)Cc1cc2ccccc2o1. The molecule has 1 aromatic carbocycles. The number of benzene rings is 1. The van der Waals surface area contributed by atoms with Gasteiger partial charge in [-0.25, -0.2) is 0 Å². The summed E-state index contributed by atoms with van der Waals surface area (Å²) < 4.78 is 8.29. The van der Waals surface area contributed by atoms with Gasteiger partial charge in [-0.3, -0.25) is 0 Å². The molecule has 0 saturated carbocycles. The largest absolute Gasteiger partial charge is 0.455 e. The lowest BCUT2D eigenvalue weighted by molar-refractivity contribution is -0.922. The maximum absolute atomic E-state index is 6.06. The monoisotopic (exact) mass is 374 g/mol.